The summed E-state index contributed by atoms with van der Waals surface area (Å²) in [5, 5.41) is 8.97. The molecule has 3 nitrogen and oxygen atoms in total. The molecule has 0 radical (unpaired) electrons. The lowest BCUT2D eigenvalue weighted by Crippen LogP contribution is -2.34. The Bertz CT molecular complexity index is 459. The highest BCUT2D eigenvalue weighted by molar-refractivity contribution is 5.67. The Kier molecular flexibility index (Phi) is 0.879. The minimum absolute atomic E-state index is 1.01. The summed E-state index contributed by atoms with van der Waals surface area (Å²) in [4.78, 5) is 11.1. The molecule has 1 rings (SSSR count). The quantitative estimate of drug-likeness (QED) is 0.691. The van der Waals surface area contributed by atoms with E-state index < -0.39 is 56.2 Å². The molecular weight excluding hydrogens is 154 g/mol. The van der Waals surface area contributed by atoms with Crippen LogP contribution in [0, 0.1) is 5.41 Å². The Hall–Kier alpha value is -0.570. The van der Waals surface area contributed by atoms with Crippen LogP contribution in [0.25, 0.3) is 0 Å². The second kappa shape index (κ2) is 3.90. The predicted molar refractivity (Wildman–Crippen MR) is 46.8 cm³/mol. The molecule has 0 unspecified atom stereocenters. The van der Waals surface area contributed by atoms with Crippen molar-refractivity contribution in [3.05, 3.63) is 0 Å². The molecule has 3 heteroatoms. The summed E-state index contributed by atoms with van der Waals surface area (Å²) < 4.78 is 77.8. The van der Waals surface area contributed by atoms with Gasteiger partial charge in [0.25, 0.3) is 0 Å². The SMILES string of the molecule is [2H]C1([2H])C([2H])([2H])C([2H])([2H])C(CN)(CC(=O)O)C([2H])([2H])C1([2H])[2H]. The molecule has 0 amide bonds. The summed E-state index contributed by atoms with van der Waals surface area (Å²) in [6.07, 6.45) is -18.6. The number of carbonyl (C=O) groups is 1. The lowest BCUT2D eigenvalue weighted by Gasteiger charge is -2.34. The molecule has 12 heavy (non-hydrogen) atoms. The number of hydrogen-bond acceptors (Lipinski definition) is 2. The van der Waals surface area contributed by atoms with Crippen molar-refractivity contribution in [2.75, 3.05) is 6.54 Å². The Morgan fingerprint density at radius 3 is 2.50 bits per heavy atom. The highest BCUT2D eigenvalue weighted by atomic mass is 16.4. The van der Waals surface area contributed by atoms with Crippen molar-refractivity contribution in [2.24, 2.45) is 11.1 Å². The molecule has 0 aliphatic heterocycles. The maximum absolute atomic E-state index is 11.1. The van der Waals surface area contributed by atoms with Gasteiger partial charge in [0.2, 0.25) is 0 Å². The number of aliphatic carboxylic acids is 1. The lowest BCUT2D eigenvalue weighted by atomic mass is 9.72. The first-order chi connectivity index (χ1) is 9.48. The van der Waals surface area contributed by atoms with Gasteiger partial charge < -0.3 is 10.8 Å². The van der Waals surface area contributed by atoms with E-state index in [1.165, 1.54) is 0 Å². The highest BCUT2D eigenvalue weighted by Gasteiger charge is 2.32. The van der Waals surface area contributed by atoms with Crippen LogP contribution in [0.4, 0.5) is 0 Å². The average Bonchev–Trinajstić information content (AvgIpc) is 2.32. The van der Waals surface area contributed by atoms with Gasteiger partial charge in [0.05, 0.1) is 6.42 Å². The fraction of sp³-hybridized carbons (Fsp3) is 0.889. The topological polar surface area (TPSA) is 63.3 Å². The van der Waals surface area contributed by atoms with Gasteiger partial charge >= 0.3 is 5.97 Å². The van der Waals surface area contributed by atoms with Gasteiger partial charge in [-0.1, -0.05) is 19.1 Å². The molecule has 1 aliphatic rings. The van der Waals surface area contributed by atoms with Crippen molar-refractivity contribution < 1.29 is 23.6 Å². The van der Waals surface area contributed by atoms with Crippen molar-refractivity contribution in [2.45, 2.75) is 38.3 Å². The van der Waals surface area contributed by atoms with Gasteiger partial charge in [0.1, 0.15) is 0 Å². The Morgan fingerprint density at radius 1 is 1.50 bits per heavy atom. The smallest absolute Gasteiger partial charge is 0.303 e. The zero-order valence-electron chi connectivity index (χ0n) is 16.3. The third-order valence-corrected chi connectivity index (χ3v) is 1.53. The van der Waals surface area contributed by atoms with Crippen LogP contribution < -0.4 is 5.73 Å². The number of carboxylic acids is 1. The van der Waals surface area contributed by atoms with Gasteiger partial charge in [-0.05, 0) is 24.7 Å². The summed E-state index contributed by atoms with van der Waals surface area (Å²) >= 11 is 0. The van der Waals surface area contributed by atoms with E-state index in [4.69, 9.17) is 24.5 Å². The van der Waals surface area contributed by atoms with Gasteiger partial charge in [-0.2, -0.15) is 0 Å². The minimum atomic E-state index is -3.55. The zero-order chi connectivity index (χ0) is 18.0. The zero-order valence-corrected chi connectivity index (χ0v) is 6.35. The van der Waals surface area contributed by atoms with E-state index in [9.17, 15) is 4.79 Å². The van der Waals surface area contributed by atoms with Gasteiger partial charge in [-0.15, -0.1) is 0 Å². The average molecular weight is 181 g/mol. The van der Waals surface area contributed by atoms with Crippen LogP contribution >= 0.6 is 0 Å². The maximum Gasteiger partial charge on any atom is 0.303 e. The van der Waals surface area contributed by atoms with E-state index in [0.717, 1.165) is 0 Å². The van der Waals surface area contributed by atoms with Gasteiger partial charge in [-0.3, -0.25) is 4.79 Å². The molecule has 1 aliphatic carbocycles. The van der Waals surface area contributed by atoms with E-state index in [1.807, 2.05) is 0 Å². The monoisotopic (exact) mass is 181 g/mol. The fourth-order valence-corrected chi connectivity index (χ4v) is 0.885. The van der Waals surface area contributed by atoms with Crippen LogP contribution in [0.15, 0.2) is 0 Å². The number of rotatable bonds is 3. The number of carboxylic acid groups (broad SMARTS) is 1. The van der Waals surface area contributed by atoms with Crippen molar-refractivity contribution >= 4 is 5.97 Å². The molecule has 0 saturated heterocycles. The largest absolute Gasteiger partial charge is 0.481 e. The molecule has 0 spiro atoms. The van der Waals surface area contributed by atoms with Crippen molar-refractivity contribution in [1.82, 2.24) is 0 Å². The van der Waals surface area contributed by atoms with Crippen LogP contribution in [0.5, 0.6) is 0 Å². The van der Waals surface area contributed by atoms with Crippen LogP contribution in [-0.2, 0) is 4.79 Å². The van der Waals surface area contributed by atoms with Crippen LogP contribution in [0.2, 0.25) is 0 Å². The molecule has 1 fully saturated rings. The highest BCUT2D eigenvalue weighted by Crippen LogP contribution is 2.38. The molecule has 0 aromatic rings. The summed E-state index contributed by atoms with van der Waals surface area (Å²) in [5.74, 6) is -1.69. The Labute approximate surface area is 87.0 Å². The molecular formula is C9H17NO2. The summed E-state index contributed by atoms with van der Waals surface area (Å²) in [5.41, 5.74) is 2.58. The Balaban J connectivity index is 3.87. The van der Waals surface area contributed by atoms with Crippen LogP contribution in [0.1, 0.15) is 52.0 Å². The third kappa shape index (κ3) is 2.21. The van der Waals surface area contributed by atoms with Gasteiger partial charge in [-0.25, -0.2) is 0 Å². The first-order valence-corrected chi connectivity index (χ1v) is 3.40. The maximum atomic E-state index is 11.1. The third-order valence-electron chi connectivity index (χ3n) is 1.53. The van der Waals surface area contributed by atoms with E-state index in [1.54, 1.807) is 0 Å². The first-order valence-electron chi connectivity index (χ1n) is 8.40. The lowest BCUT2D eigenvalue weighted by molar-refractivity contribution is -0.140. The molecule has 70 valence electrons. The van der Waals surface area contributed by atoms with Crippen LogP contribution in [-0.4, -0.2) is 17.6 Å². The van der Waals surface area contributed by atoms with Gasteiger partial charge in [0, 0.05) is 13.7 Å². The summed E-state index contributed by atoms with van der Waals surface area (Å²) in [7, 11) is 0. The van der Waals surface area contributed by atoms with Crippen molar-refractivity contribution in [3.8, 4) is 0 Å². The predicted octanol–water partition coefficient (Wildman–Crippen LogP) is 1.37. The van der Waals surface area contributed by atoms with E-state index in [2.05, 4.69) is 0 Å². The van der Waals surface area contributed by atoms with Crippen LogP contribution in [0.3, 0.4) is 0 Å². The molecule has 0 bridgehead atoms. The van der Waals surface area contributed by atoms with Gasteiger partial charge in [0.15, 0.2) is 0 Å². The van der Waals surface area contributed by atoms with Crippen molar-refractivity contribution in [1.29, 1.82) is 0 Å². The molecule has 0 aromatic carbocycles. The van der Waals surface area contributed by atoms with E-state index in [0.29, 0.717) is 0 Å². The first kappa shape index (κ1) is 2.71. The minimum Gasteiger partial charge on any atom is -0.481 e. The number of hydrogen-bond donors (Lipinski definition) is 2. The van der Waals surface area contributed by atoms with E-state index >= 15 is 0 Å². The fourth-order valence-electron chi connectivity index (χ4n) is 0.885. The summed E-state index contributed by atoms with van der Waals surface area (Å²) in [6.45, 7) is -1.01. The second-order valence-corrected chi connectivity index (χ2v) is 2.48. The normalized spacial score (nSPS) is 55.4. The second-order valence-electron chi connectivity index (χ2n) is 2.48. The molecule has 3 N–H and O–H groups in total. The Morgan fingerprint density at radius 2 is 2.08 bits per heavy atom. The number of nitrogens with two attached hydrogens (primary N) is 1. The molecule has 0 atom stereocenters. The summed E-state index contributed by atoms with van der Waals surface area (Å²) in [6, 6.07) is 0. The standard InChI is InChI=1S/C9H17NO2/c10-7-9(6-8(11)12)4-2-1-3-5-9/h1-7,10H2,(H,11,12)/i1D2,2D2,3D2,4D2,5D2. The van der Waals surface area contributed by atoms with E-state index in [-0.39, 0.29) is 0 Å². The molecule has 1 saturated carbocycles. The van der Waals surface area contributed by atoms with Crippen molar-refractivity contribution in [3.63, 3.8) is 0 Å². The molecule has 0 heterocycles. The molecule has 0 aromatic heterocycles.